The van der Waals surface area contributed by atoms with Crippen molar-refractivity contribution < 1.29 is 0 Å². The molecule has 3 N–H and O–H groups in total. The lowest BCUT2D eigenvalue weighted by molar-refractivity contribution is 0.292. The van der Waals surface area contributed by atoms with Gasteiger partial charge in [0.05, 0.1) is 0 Å². The molecule has 0 bridgehead atoms. The molecule has 0 aromatic heterocycles. The average molecular weight is 145 g/mol. The van der Waals surface area contributed by atoms with E-state index in [1.54, 1.807) is 0 Å². The maximum absolute atomic E-state index is 5.35. The number of likely N-dealkylation sites (N-methyl/N-ethyl adjacent to an activating group) is 1. The van der Waals surface area contributed by atoms with E-state index in [0.29, 0.717) is 12.0 Å². The van der Waals surface area contributed by atoms with Crippen molar-refractivity contribution in [1.82, 2.24) is 10.3 Å². The third-order valence-corrected chi connectivity index (χ3v) is 1.58. The van der Waals surface area contributed by atoms with Gasteiger partial charge in [-0.05, 0) is 20.0 Å². The van der Waals surface area contributed by atoms with Crippen LogP contribution in [-0.2, 0) is 0 Å². The van der Waals surface area contributed by atoms with Crippen molar-refractivity contribution in [3.8, 4) is 0 Å². The topological polar surface area (TPSA) is 41.3 Å². The van der Waals surface area contributed by atoms with Gasteiger partial charge in [-0.3, -0.25) is 11.3 Å². The third kappa shape index (κ3) is 3.82. The Bertz CT molecular complexity index is 80.9. The summed E-state index contributed by atoms with van der Waals surface area (Å²) in [6.07, 6.45) is 0. The van der Waals surface area contributed by atoms with Crippen molar-refractivity contribution in [3.05, 3.63) is 0 Å². The van der Waals surface area contributed by atoms with Gasteiger partial charge in [0, 0.05) is 12.6 Å². The lowest BCUT2D eigenvalue weighted by Crippen LogP contribution is -2.45. The highest BCUT2D eigenvalue weighted by atomic mass is 15.3. The van der Waals surface area contributed by atoms with Crippen LogP contribution in [0.2, 0.25) is 0 Å². The molecule has 0 saturated carbocycles. The molecule has 0 amide bonds. The van der Waals surface area contributed by atoms with Crippen LogP contribution in [-0.4, -0.2) is 31.6 Å². The van der Waals surface area contributed by atoms with Crippen LogP contribution in [0.5, 0.6) is 0 Å². The standard InChI is InChI=1S/C7H19N3/c1-6(2)7(9-8)5-10(3)4/h6-7,9H,5,8H2,1-4H3. The summed E-state index contributed by atoms with van der Waals surface area (Å²) in [6, 6.07) is 0.398. The Morgan fingerprint density at radius 3 is 2.00 bits per heavy atom. The minimum Gasteiger partial charge on any atom is -0.308 e. The van der Waals surface area contributed by atoms with E-state index in [4.69, 9.17) is 5.84 Å². The van der Waals surface area contributed by atoms with Crippen LogP contribution < -0.4 is 11.3 Å². The molecule has 0 aromatic carbocycles. The van der Waals surface area contributed by atoms with Crippen LogP contribution in [0.15, 0.2) is 0 Å². The SMILES string of the molecule is CC(C)C(CN(C)C)NN. The van der Waals surface area contributed by atoms with Gasteiger partial charge in [-0.1, -0.05) is 13.8 Å². The highest BCUT2D eigenvalue weighted by molar-refractivity contribution is 4.69. The lowest BCUT2D eigenvalue weighted by atomic mass is 10.1. The second-order valence-corrected chi connectivity index (χ2v) is 3.28. The number of nitrogens with zero attached hydrogens (tertiary/aromatic N) is 1. The van der Waals surface area contributed by atoms with Gasteiger partial charge in [-0.25, -0.2) is 0 Å². The molecule has 0 aromatic rings. The summed E-state index contributed by atoms with van der Waals surface area (Å²) in [5, 5.41) is 0. The fraction of sp³-hybridized carbons (Fsp3) is 1.00. The monoisotopic (exact) mass is 145 g/mol. The predicted octanol–water partition coefficient (Wildman–Crippen LogP) is 0.0359. The summed E-state index contributed by atoms with van der Waals surface area (Å²) in [5.41, 5.74) is 2.79. The molecule has 10 heavy (non-hydrogen) atoms. The molecule has 0 aliphatic carbocycles. The van der Waals surface area contributed by atoms with Gasteiger partial charge >= 0.3 is 0 Å². The van der Waals surface area contributed by atoms with E-state index < -0.39 is 0 Å². The van der Waals surface area contributed by atoms with Crippen molar-refractivity contribution in [2.24, 2.45) is 11.8 Å². The molecule has 0 heterocycles. The van der Waals surface area contributed by atoms with E-state index in [-0.39, 0.29) is 0 Å². The van der Waals surface area contributed by atoms with Gasteiger partial charge in [0.25, 0.3) is 0 Å². The number of nitrogens with one attached hydrogen (secondary N) is 1. The molecular weight excluding hydrogens is 126 g/mol. The number of hydrogen-bond acceptors (Lipinski definition) is 3. The lowest BCUT2D eigenvalue weighted by Gasteiger charge is -2.23. The Kier molecular flexibility index (Phi) is 4.60. The summed E-state index contributed by atoms with van der Waals surface area (Å²) in [4.78, 5) is 2.13. The smallest absolute Gasteiger partial charge is 0.0360 e. The minimum absolute atomic E-state index is 0.398. The summed E-state index contributed by atoms with van der Waals surface area (Å²) in [6.45, 7) is 5.32. The first-order valence-electron chi connectivity index (χ1n) is 3.68. The number of hydrogen-bond donors (Lipinski definition) is 2. The molecule has 0 aliphatic heterocycles. The van der Waals surface area contributed by atoms with E-state index in [0.717, 1.165) is 6.54 Å². The Labute approximate surface area is 63.5 Å². The highest BCUT2D eigenvalue weighted by Crippen LogP contribution is 2.00. The number of rotatable bonds is 4. The van der Waals surface area contributed by atoms with Gasteiger partial charge in [0.1, 0.15) is 0 Å². The Hall–Kier alpha value is -0.120. The fourth-order valence-electron chi connectivity index (χ4n) is 0.849. The zero-order valence-corrected chi connectivity index (χ0v) is 7.39. The van der Waals surface area contributed by atoms with Crippen molar-refractivity contribution in [2.45, 2.75) is 19.9 Å². The van der Waals surface area contributed by atoms with Gasteiger partial charge in [-0.2, -0.15) is 0 Å². The van der Waals surface area contributed by atoms with Crippen LogP contribution >= 0.6 is 0 Å². The third-order valence-electron chi connectivity index (χ3n) is 1.58. The second kappa shape index (κ2) is 4.66. The van der Waals surface area contributed by atoms with Crippen molar-refractivity contribution in [2.75, 3.05) is 20.6 Å². The zero-order valence-electron chi connectivity index (χ0n) is 7.39. The van der Waals surface area contributed by atoms with E-state index >= 15 is 0 Å². The van der Waals surface area contributed by atoms with Crippen molar-refractivity contribution in [1.29, 1.82) is 0 Å². The van der Waals surface area contributed by atoms with Crippen LogP contribution in [0.4, 0.5) is 0 Å². The molecule has 1 atom stereocenters. The Morgan fingerprint density at radius 1 is 1.40 bits per heavy atom. The minimum atomic E-state index is 0.398. The molecule has 0 fully saturated rings. The fourth-order valence-corrected chi connectivity index (χ4v) is 0.849. The molecule has 0 spiro atoms. The summed E-state index contributed by atoms with van der Waals surface area (Å²) in [5.74, 6) is 5.94. The van der Waals surface area contributed by atoms with Crippen molar-refractivity contribution in [3.63, 3.8) is 0 Å². The van der Waals surface area contributed by atoms with Gasteiger partial charge < -0.3 is 4.90 Å². The van der Waals surface area contributed by atoms with E-state index in [2.05, 4.69) is 24.2 Å². The first kappa shape index (κ1) is 9.88. The molecule has 1 unspecified atom stereocenters. The number of nitrogens with two attached hydrogens (primary N) is 1. The zero-order chi connectivity index (χ0) is 8.15. The first-order valence-corrected chi connectivity index (χ1v) is 3.68. The number of hydrazine groups is 1. The van der Waals surface area contributed by atoms with Crippen LogP contribution in [0, 0.1) is 5.92 Å². The van der Waals surface area contributed by atoms with Gasteiger partial charge in [0.15, 0.2) is 0 Å². The molecule has 62 valence electrons. The molecule has 0 aliphatic rings. The molecule has 0 radical (unpaired) electrons. The summed E-state index contributed by atoms with van der Waals surface area (Å²) < 4.78 is 0. The highest BCUT2D eigenvalue weighted by Gasteiger charge is 2.10. The molecule has 0 saturated heterocycles. The predicted molar refractivity (Wildman–Crippen MR) is 44.5 cm³/mol. The average Bonchev–Trinajstić information content (AvgIpc) is 1.81. The Morgan fingerprint density at radius 2 is 1.90 bits per heavy atom. The summed E-state index contributed by atoms with van der Waals surface area (Å²) >= 11 is 0. The quantitative estimate of drug-likeness (QED) is 0.433. The normalized spacial score (nSPS) is 14.7. The van der Waals surface area contributed by atoms with Gasteiger partial charge in [0.2, 0.25) is 0 Å². The maximum Gasteiger partial charge on any atom is 0.0360 e. The first-order chi connectivity index (χ1) is 4.57. The Balaban J connectivity index is 3.60. The molecule has 3 heteroatoms. The van der Waals surface area contributed by atoms with Crippen LogP contribution in [0.3, 0.4) is 0 Å². The summed E-state index contributed by atoms with van der Waals surface area (Å²) in [7, 11) is 4.10. The van der Waals surface area contributed by atoms with Gasteiger partial charge in [-0.15, -0.1) is 0 Å². The molecular formula is C7H19N3. The van der Waals surface area contributed by atoms with Crippen molar-refractivity contribution >= 4 is 0 Å². The molecule has 3 nitrogen and oxygen atoms in total. The molecule has 0 rings (SSSR count). The van der Waals surface area contributed by atoms with E-state index in [1.165, 1.54) is 0 Å². The van der Waals surface area contributed by atoms with E-state index in [1.807, 2.05) is 14.1 Å². The largest absolute Gasteiger partial charge is 0.308 e. The maximum atomic E-state index is 5.35. The van der Waals surface area contributed by atoms with E-state index in [9.17, 15) is 0 Å². The van der Waals surface area contributed by atoms with Crippen LogP contribution in [0.1, 0.15) is 13.8 Å². The second-order valence-electron chi connectivity index (χ2n) is 3.28. The van der Waals surface area contributed by atoms with Crippen LogP contribution in [0.25, 0.3) is 0 Å².